The lowest BCUT2D eigenvalue weighted by Gasteiger charge is -2.30. The van der Waals surface area contributed by atoms with Crippen LogP contribution in [0.15, 0.2) is 0 Å². The average molecular weight is 367 g/mol. The standard InChI is InChI=1S/C19H30N2OS2/c1-12-15-10-19(2,3)9-8-16(15)24-18(12)21-17(22)14-7-5-4-6-13(14)11-20-23/h13-14,20,23H,4-11H2,1-3H3,(H,21,22). The third-order valence-electron chi connectivity index (χ3n) is 5.88. The first kappa shape index (κ1) is 18.3. The molecule has 5 heteroatoms. The van der Waals surface area contributed by atoms with Crippen molar-refractivity contribution in [3.8, 4) is 0 Å². The summed E-state index contributed by atoms with van der Waals surface area (Å²) in [6.45, 7) is 7.69. The van der Waals surface area contributed by atoms with Crippen molar-refractivity contribution in [2.24, 2.45) is 17.3 Å². The Morgan fingerprint density at radius 2 is 2.08 bits per heavy atom. The number of carbonyl (C=O) groups excluding carboxylic acids is 1. The first-order valence-corrected chi connectivity index (χ1v) is 10.5. The maximum atomic E-state index is 12.9. The molecule has 2 atom stereocenters. The van der Waals surface area contributed by atoms with E-state index in [4.69, 9.17) is 0 Å². The van der Waals surface area contributed by atoms with Crippen molar-refractivity contribution >= 4 is 35.1 Å². The van der Waals surface area contributed by atoms with Crippen molar-refractivity contribution in [3.63, 3.8) is 0 Å². The topological polar surface area (TPSA) is 41.1 Å². The normalized spacial score (nSPS) is 26.0. The summed E-state index contributed by atoms with van der Waals surface area (Å²) < 4.78 is 2.96. The van der Waals surface area contributed by atoms with Gasteiger partial charge in [0.2, 0.25) is 5.91 Å². The molecule has 134 valence electrons. The number of rotatable bonds is 4. The van der Waals surface area contributed by atoms with Crippen LogP contribution in [0.5, 0.6) is 0 Å². The van der Waals surface area contributed by atoms with Gasteiger partial charge in [-0.25, -0.2) is 0 Å². The Balaban J connectivity index is 1.74. The maximum absolute atomic E-state index is 12.9. The summed E-state index contributed by atoms with van der Waals surface area (Å²) in [5.41, 5.74) is 3.17. The Hall–Kier alpha value is -0.520. The average Bonchev–Trinajstić information content (AvgIpc) is 2.83. The van der Waals surface area contributed by atoms with Gasteiger partial charge in [0.15, 0.2) is 0 Å². The van der Waals surface area contributed by atoms with Gasteiger partial charge in [0.25, 0.3) is 0 Å². The van der Waals surface area contributed by atoms with Crippen LogP contribution in [-0.2, 0) is 17.6 Å². The minimum atomic E-state index is 0.119. The van der Waals surface area contributed by atoms with Crippen LogP contribution in [0, 0.1) is 24.2 Å². The zero-order valence-electron chi connectivity index (χ0n) is 15.1. The van der Waals surface area contributed by atoms with Crippen LogP contribution in [-0.4, -0.2) is 12.5 Å². The van der Waals surface area contributed by atoms with Gasteiger partial charge in [0.1, 0.15) is 0 Å². The van der Waals surface area contributed by atoms with E-state index in [9.17, 15) is 4.79 Å². The number of hydrogen-bond acceptors (Lipinski definition) is 4. The lowest BCUT2D eigenvalue weighted by atomic mass is 9.76. The lowest BCUT2D eigenvalue weighted by Crippen LogP contribution is -2.35. The molecule has 3 nitrogen and oxygen atoms in total. The van der Waals surface area contributed by atoms with Gasteiger partial charge in [-0.05, 0) is 61.5 Å². The van der Waals surface area contributed by atoms with Crippen molar-refractivity contribution in [1.29, 1.82) is 0 Å². The largest absolute Gasteiger partial charge is 0.317 e. The molecule has 1 fully saturated rings. The second kappa shape index (κ2) is 7.38. The summed E-state index contributed by atoms with van der Waals surface area (Å²) in [4.78, 5) is 14.4. The molecule has 1 heterocycles. The first-order chi connectivity index (χ1) is 11.4. The van der Waals surface area contributed by atoms with Crippen molar-refractivity contribution in [1.82, 2.24) is 4.72 Å². The summed E-state index contributed by atoms with van der Waals surface area (Å²) in [5, 5.41) is 4.37. The zero-order chi connectivity index (χ0) is 17.3. The van der Waals surface area contributed by atoms with Crippen molar-refractivity contribution in [3.05, 3.63) is 16.0 Å². The van der Waals surface area contributed by atoms with Crippen LogP contribution in [0.3, 0.4) is 0 Å². The van der Waals surface area contributed by atoms with E-state index < -0.39 is 0 Å². The number of hydrogen-bond donors (Lipinski definition) is 3. The molecule has 0 spiro atoms. The Morgan fingerprint density at radius 1 is 1.33 bits per heavy atom. The first-order valence-electron chi connectivity index (χ1n) is 9.20. The van der Waals surface area contributed by atoms with Gasteiger partial charge >= 0.3 is 0 Å². The molecule has 1 saturated carbocycles. The SMILES string of the molecule is Cc1c(NC(=O)C2CCCCC2CNS)sc2c1CC(C)(C)CC2. The molecule has 2 unspecified atom stereocenters. The van der Waals surface area contributed by atoms with E-state index in [1.807, 2.05) is 0 Å². The number of thiol groups is 1. The van der Waals surface area contributed by atoms with E-state index in [0.29, 0.717) is 11.3 Å². The highest BCUT2D eigenvalue weighted by molar-refractivity contribution is 7.78. The minimum Gasteiger partial charge on any atom is -0.317 e. The van der Waals surface area contributed by atoms with Gasteiger partial charge in [-0.15, -0.1) is 11.3 Å². The van der Waals surface area contributed by atoms with Crippen LogP contribution >= 0.6 is 24.2 Å². The van der Waals surface area contributed by atoms with E-state index in [-0.39, 0.29) is 11.8 Å². The molecule has 1 amide bonds. The summed E-state index contributed by atoms with van der Waals surface area (Å²) >= 11 is 5.95. The molecule has 2 aliphatic rings. The Kier molecular flexibility index (Phi) is 5.62. The highest BCUT2D eigenvalue weighted by Gasteiger charge is 2.33. The second-order valence-electron chi connectivity index (χ2n) is 8.30. The van der Waals surface area contributed by atoms with Gasteiger partial charge in [-0.1, -0.05) is 39.5 Å². The van der Waals surface area contributed by atoms with Gasteiger partial charge in [-0.2, -0.15) is 0 Å². The number of nitrogens with one attached hydrogen (secondary N) is 2. The summed E-state index contributed by atoms with van der Waals surface area (Å²) in [6, 6.07) is 0. The highest BCUT2D eigenvalue weighted by atomic mass is 32.1. The molecule has 0 saturated heterocycles. The fourth-order valence-corrected chi connectivity index (χ4v) is 5.76. The van der Waals surface area contributed by atoms with Gasteiger partial charge in [-0.3, -0.25) is 9.52 Å². The van der Waals surface area contributed by atoms with Crippen LogP contribution < -0.4 is 10.0 Å². The number of thiophene rings is 1. The second-order valence-corrected chi connectivity index (χ2v) is 9.72. The maximum Gasteiger partial charge on any atom is 0.228 e. The number of anilines is 1. The van der Waals surface area contributed by atoms with Crippen molar-refractivity contribution in [2.75, 3.05) is 11.9 Å². The number of aryl methyl sites for hydroxylation is 1. The zero-order valence-corrected chi connectivity index (χ0v) is 16.8. The predicted molar refractivity (Wildman–Crippen MR) is 106 cm³/mol. The molecule has 24 heavy (non-hydrogen) atoms. The van der Waals surface area contributed by atoms with Crippen molar-refractivity contribution in [2.45, 2.75) is 65.7 Å². The van der Waals surface area contributed by atoms with Gasteiger partial charge < -0.3 is 5.32 Å². The summed E-state index contributed by atoms with van der Waals surface area (Å²) in [7, 11) is 0. The Morgan fingerprint density at radius 3 is 2.83 bits per heavy atom. The van der Waals surface area contributed by atoms with Gasteiger partial charge in [0.05, 0.1) is 5.00 Å². The lowest BCUT2D eigenvalue weighted by molar-refractivity contribution is -0.122. The Labute approximate surface area is 155 Å². The molecule has 1 aromatic heterocycles. The monoisotopic (exact) mass is 366 g/mol. The smallest absolute Gasteiger partial charge is 0.228 e. The quantitative estimate of drug-likeness (QED) is 0.673. The molecule has 3 rings (SSSR count). The fourth-order valence-electron chi connectivity index (χ4n) is 4.30. The molecule has 2 aliphatic carbocycles. The van der Waals surface area contributed by atoms with Crippen LogP contribution in [0.1, 0.15) is 62.0 Å². The summed E-state index contributed by atoms with van der Waals surface area (Å²) in [5.74, 6) is 0.739. The molecule has 0 aliphatic heterocycles. The molecule has 0 bridgehead atoms. The van der Waals surface area contributed by atoms with E-state index >= 15 is 0 Å². The van der Waals surface area contributed by atoms with Crippen molar-refractivity contribution < 1.29 is 4.79 Å². The van der Waals surface area contributed by atoms with Crippen LogP contribution in [0.4, 0.5) is 5.00 Å². The number of amides is 1. The van der Waals surface area contributed by atoms with E-state index in [1.165, 1.54) is 28.8 Å². The molecular formula is C19H30N2OS2. The number of fused-ring (bicyclic) bond motifs is 1. The molecular weight excluding hydrogens is 336 g/mol. The summed E-state index contributed by atoms with van der Waals surface area (Å²) in [6.07, 6.45) is 8.05. The van der Waals surface area contributed by atoms with Crippen LogP contribution in [0.2, 0.25) is 0 Å². The fraction of sp³-hybridized carbons (Fsp3) is 0.737. The minimum absolute atomic E-state index is 0.119. The predicted octanol–water partition coefficient (Wildman–Crippen LogP) is 4.75. The highest BCUT2D eigenvalue weighted by Crippen LogP contribution is 2.43. The molecule has 0 radical (unpaired) electrons. The van der Waals surface area contributed by atoms with Crippen LogP contribution in [0.25, 0.3) is 0 Å². The van der Waals surface area contributed by atoms with E-state index in [1.54, 1.807) is 11.3 Å². The van der Waals surface area contributed by atoms with E-state index in [0.717, 1.165) is 43.6 Å². The van der Waals surface area contributed by atoms with Gasteiger partial charge in [0, 0.05) is 17.3 Å². The molecule has 1 aromatic rings. The molecule has 2 N–H and O–H groups in total. The third-order valence-corrected chi connectivity index (χ3v) is 7.37. The van der Waals surface area contributed by atoms with E-state index in [2.05, 4.69) is 43.6 Å². The molecule has 0 aromatic carbocycles. The number of carbonyl (C=O) groups is 1. The Bertz CT molecular complexity index is 607. The third kappa shape index (κ3) is 3.83.